The highest BCUT2D eigenvalue weighted by atomic mass is 16.5. The largest absolute Gasteiger partial charge is 0.393 e. The summed E-state index contributed by atoms with van der Waals surface area (Å²) in [5.41, 5.74) is 0. The lowest BCUT2D eigenvalue weighted by Gasteiger charge is -2.33. The van der Waals surface area contributed by atoms with Gasteiger partial charge in [0.05, 0.1) is 37.1 Å². The van der Waals surface area contributed by atoms with Crippen LogP contribution in [0.1, 0.15) is 52.4 Å². The zero-order chi connectivity index (χ0) is 20.4. The molecule has 9 nitrogen and oxygen atoms in total. The molecule has 7 N–H and O–H groups in total. The summed E-state index contributed by atoms with van der Waals surface area (Å²) < 4.78 is 5.72. The van der Waals surface area contributed by atoms with Crippen molar-refractivity contribution >= 4 is 6.03 Å². The number of hydrogen-bond donors (Lipinski definition) is 7. The number of amides is 2. The van der Waals surface area contributed by atoms with Gasteiger partial charge in [-0.1, -0.05) is 19.8 Å². The smallest absolute Gasteiger partial charge is 0.315 e. The van der Waals surface area contributed by atoms with Gasteiger partial charge < -0.3 is 40.9 Å². The summed E-state index contributed by atoms with van der Waals surface area (Å²) in [5.74, 6) is 0. The van der Waals surface area contributed by atoms with Crippen molar-refractivity contribution in [2.24, 2.45) is 0 Å². The Morgan fingerprint density at radius 2 is 1.78 bits per heavy atom. The van der Waals surface area contributed by atoms with Gasteiger partial charge in [0.1, 0.15) is 12.2 Å². The monoisotopic (exact) mass is 392 g/mol. The fraction of sp³-hybridized carbons (Fsp3) is 0.944. The molecular formula is C18H36N2O7. The van der Waals surface area contributed by atoms with Crippen molar-refractivity contribution in [3.05, 3.63) is 0 Å². The van der Waals surface area contributed by atoms with E-state index in [0.717, 1.165) is 6.42 Å². The van der Waals surface area contributed by atoms with E-state index in [1.54, 1.807) is 13.8 Å². The number of carbonyl (C=O) groups is 1. The highest BCUT2D eigenvalue weighted by Crippen LogP contribution is 2.22. The van der Waals surface area contributed by atoms with E-state index < -0.39 is 48.7 Å². The van der Waals surface area contributed by atoms with Gasteiger partial charge in [-0.2, -0.15) is 0 Å². The Morgan fingerprint density at radius 1 is 1.11 bits per heavy atom. The third-order valence-corrected chi connectivity index (χ3v) is 4.96. The summed E-state index contributed by atoms with van der Waals surface area (Å²) in [7, 11) is 0. The maximum Gasteiger partial charge on any atom is 0.315 e. The normalized spacial score (nSPS) is 29.9. The Hall–Kier alpha value is -0.970. The zero-order valence-electron chi connectivity index (χ0n) is 16.3. The number of aliphatic hydroxyl groups excluding tert-OH is 5. The molecule has 7 unspecified atom stereocenters. The second-order valence-electron chi connectivity index (χ2n) is 7.18. The van der Waals surface area contributed by atoms with E-state index in [-0.39, 0.29) is 13.0 Å². The number of urea groups is 1. The summed E-state index contributed by atoms with van der Waals surface area (Å²) in [6.07, 6.45) is -3.17. The van der Waals surface area contributed by atoms with Gasteiger partial charge in [0.25, 0.3) is 0 Å². The highest BCUT2D eigenvalue weighted by Gasteiger charge is 2.34. The Balaban J connectivity index is 2.72. The van der Waals surface area contributed by atoms with Crippen molar-refractivity contribution in [2.75, 3.05) is 13.2 Å². The van der Waals surface area contributed by atoms with Crippen LogP contribution in [0, 0.1) is 0 Å². The Bertz CT molecular complexity index is 427. The minimum Gasteiger partial charge on any atom is -0.393 e. The lowest BCUT2D eigenvalue weighted by atomic mass is 9.92. The van der Waals surface area contributed by atoms with E-state index in [1.807, 2.05) is 0 Å². The Labute approximate surface area is 160 Å². The average molecular weight is 392 g/mol. The first kappa shape index (κ1) is 24.1. The SMILES string of the molecule is CCNC(=O)NC(COC1CCCCC(O)C(O)C1O)C(O)CC(O)CC. The van der Waals surface area contributed by atoms with Crippen molar-refractivity contribution in [1.82, 2.24) is 10.6 Å². The van der Waals surface area contributed by atoms with Gasteiger partial charge in [-0.15, -0.1) is 0 Å². The number of carbonyl (C=O) groups excluding carboxylic acids is 1. The number of nitrogens with one attached hydrogen (secondary N) is 2. The molecule has 9 heteroatoms. The molecule has 0 spiro atoms. The van der Waals surface area contributed by atoms with Crippen LogP contribution in [-0.4, -0.2) is 87.4 Å². The lowest BCUT2D eigenvalue weighted by molar-refractivity contribution is -0.137. The van der Waals surface area contributed by atoms with Gasteiger partial charge in [0.15, 0.2) is 0 Å². The standard InChI is InChI=1S/C18H36N2O7/c1-3-11(21)9-14(23)12(20-18(26)19-4-2)10-27-15-8-6-5-7-13(22)16(24)17(15)25/h11-17,21-25H,3-10H2,1-2H3,(H2,19,20,26). The van der Waals surface area contributed by atoms with E-state index in [0.29, 0.717) is 32.2 Å². The van der Waals surface area contributed by atoms with Gasteiger partial charge >= 0.3 is 6.03 Å². The molecule has 160 valence electrons. The van der Waals surface area contributed by atoms with Crippen molar-refractivity contribution in [2.45, 2.75) is 95.0 Å². The van der Waals surface area contributed by atoms with E-state index in [2.05, 4.69) is 10.6 Å². The minimum atomic E-state index is -1.31. The molecule has 0 aliphatic heterocycles. The van der Waals surface area contributed by atoms with Crippen molar-refractivity contribution in [1.29, 1.82) is 0 Å². The number of aliphatic hydroxyl groups is 5. The van der Waals surface area contributed by atoms with Gasteiger partial charge in [-0.3, -0.25) is 0 Å². The summed E-state index contributed by atoms with van der Waals surface area (Å²) in [4.78, 5) is 11.9. The molecule has 0 heterocycles. The molecule has 1 rings (SSSR count). The van der Waals surface area contributed by atoms with E-state index >= 15 is 0 Å². The molecule has 0 saturated heterocycles. The van der Waals surface area contributed by atoms with Crippen LogP contribution >= 0.6 is 0 Å². The first-order valence-corrected chi connectivity index (χ1v) is 9.86. The molecule has 0 radical (unpaired) electrons. The third-order valence-electron chi connectivity index (χ3n) is 4.96. The van der Waals surface area contributed by atoms with E-state index in [1.165, 1.54) is 0 Å². The van der Waals surface area contributed by atoms with Crippen LogP contribution in [0.4, 0.5) is 4.79 Å². The van der Waals surface area contributed by atoms with Crippen molar-refractivity contribution in [3.8, 4) is 0 Å². The molecule has 1 fully saturated rings. The predicted molar refractivity (Wildman–Crippen MR) is 99.1 cm³/mol. The summed E-state index contributed by atoms with van der Waals surface area (Å²) in [5, 5.41) is 55.5. The molecule has 1 aliphatic rings. The topological polar surface area (TPSA) is 152 Å². The Kier molecular flexibility index (Phi) is 11.1. The predicted octanol–water partition coefficient (Wildman–Crippen LogP) is -0.762. The van der Waals surface area contributed by atoms with Crippen molar-refractivity contribution < 1.29 is 35.1 Å². The maximum absolute atomic E-state index is 11.9. The number of ether oxygens (including phenoxy) is 1. The first-order chi connectivity index (χ1) is 12.8. The molecule has 27 heavy (non-hydrogen) atoms. The molecule has 7 atom stereocenters. The second kappa shape index (κ2) is 12.5. The maximum atomic E-state index is 11.9. The molecular weight excluding hydrogens is 356 g/mol. The summed E-state index contributed by atoms with van der Waals surface area (Å²) in [6, 6.07) is -1.26. The van der Waals surface area contributed by atoms with Gasteiger partial charge in [-0.05, 0) is 26.2 Å². The Morgan fingerprint density at radius 3 is 2.41 bits per heavy atom. The molecule has 2 amide bonds. The second-order valence-corrected chi connectivity index (χ2v) is 7.18. The number of hydrogen-bond acceptors (Lipinski definition) is 7. The van der Waals surface area contributed by atoms with Crippen LogP contribution in [0.2, 0.25) is 0 Å². The van der Waals surface area contributed by atoms with Crippen LogP contribution < -0.4 is 10.6 Å². The van der Waals surface area contributed by atoms with Crippen LogP contribution in [0.5, 0.6) is 0 Å². The number of rotatable bonds is 9. The molecule has 1 aliphatic carbocycles. The van der Waals surface area contributed by atoms with E-state index in [4.69, 9.17) is 4.74 Å². The molecule has 0 bridgehead atoms. The molecule has 0 aromatic heterocycles. The molecule has 0 aromatic carbocycles. The van der Waals surface area contributed by atoms with Crippen LogP contribution in [0.15, 0.2) is 0 Å². The van der Waals surface area contributed by atoms with Gasteiger partial charge in [-0.25, -0.2) is 4.79 Å². The van der Waals surface area contributed by atoms with Crippen LogP contribution in [0.3, 0.4) is 0 Å². The van der Waals surface area contributed by atoms with Gasteiger partial charge in [0, 0.05) is 13.0 Å². The van der Waals surface area contributed by atoms with Crippen LogP contribution in [0.25, 0.3) is 0 Å². The molecule has 1 saturated carbocycles. The first-order valence-electron chi connectivity index (χ1n) is 9.86. The average Bonchev–Trinajstić information content (AvgIpc) is 2.64. The van der Waals surface area contributed by atoms with E-state index in [9.17, 15) is 30.3 Å². The van der Waals surface area contributed by atoms with Crippen LogP contribution in [-0.2, 0) is 4.74 Å². The molecule has 0 aromatic rings. The minimum absolute atomic E-state index is 0.0749. The lowest BCUT2D eigenvalue weighted by Crippen LogP contribution is -2.53. The summed E-state index contributed by atoms with van der Waals surface area (Å²) in [6.45, 7) is 3.87. The fourth-order valence-electron chi connectivity index (χ4n) is 3.14. The van der Waals surface area contributed by atoms with Crippen molar-refractivity contribution in [3.63, 3.8) is 0 Å². The highest BCUT2D eigenvalue weighted by molar-refractivity contribution is 5.74. The van der Waals surface area contributed by atoms with Gasteiger partial charge in [0.2, 0.25) is 0 Å². The summed E-state index contributed by atoms with van der Waals surface area (Å²) >= 11 is 0. The fourth-order valence-corrected chi connectivity index (χ4v) is 3.14. The third kappa shape index (κ3) is 8.28. The zero-order valence-corrected chi connectivity index (χ0v) is 16.3. The quantitative estimate of drug-likeness (QED) is 0.272.